The van der Waals surface area contributed by atoms with E-state index < -0.39 is 5.91 Å². The van der Waals surface area contributed by atoms with E-state index in [9.17, 15) is 4.79 Å². The Morgan fingerprint density at radius 3 is 2.60 bits per heavy atom. The standard InChI is InChI=1S/C11H10N2O.HI/c1-13-6-8-4-2-3-5-9(8)10(7-13)11(12)14;/h2-7H,1H3,(H-,12,14);1H. The number of aryl methyl sites for hydroxylation is 1. The van der Waals surface area contributed by atoms with Gasteiger partial charge in [-0.15, -0.1) is 0 Å². The van der Waals surface area contributed by atoms with Crippen LogP contribution in [0.5, 0.6) is 0 Å². The minimum Gasteiger partial charge on any atom is -1.00 e. The second-order valence-corrected chi connectivity index (χ2v) is 3.29. The summed E-state index contributed by atoms with van der Waals surface area (Å²) in [7, 11) is 1.87. The van der Waals surface area contributed by atoms with Gasteiger partial charge >= 0.3 is 0 Å². The average Bonchev–Trinajstić information content (AvgIpc) is 2.16. The van der Waals surface area contributed by atoms with Gasteiger partial charge in [-0.3, -0.25) is 4.79 Å². The predicted octanol–water partition coefficient (Wildman–Crippen LogP) is -2.23. The Hall–Kier alpha value is -1.17. The second-order valence-electron chi connectivity index (χ2n) is 3.29. The fourth-order valence-corrected chi connectivity index (χ4v) is 1.58. The summed E-state index contributed by atoms with van der Waals surface area (Å²) in [5, 5.41) is 1.92. The first-order chi connectivity index (χ1) is 6.68. The van der Waals surface area contributed by atoms with E-state index in [-0.39, 0.29) is 24.0 Å². The number of hydrogen-bond donors (Lipinski definition) is 1. The summed E-state index contributed by atoms with van der Waals surface area (Å²) in [5.41, 5.74) is 5.86. The van der Waals surface area contributed by atoms with Crippen LogP contribution in [-0.4, -0.2) is 5.91 Å². The monoisotopic (exact) mass is 314 g/mol. The summed E-state index contributed by atoms with van der Waals surface area (Å²) in [6, 6.07) is 7.69. The Bertz CT molecular complexity index is 511. The first kappa shape index (κ1) is 11.9. The lowest BCUT2D eigenvalue weighted by Gasteiger charge is -2.00. The van der Waals surface area contributed by atoms with Crippen molar-refractivity contribution in [3.05, 3.63) is 42.2 Å². The number of fused-ring (bicyclic) bond motifs is 1. The lowest BCUT2D eigenvalue weighted by molar-refractivity contribution is -0.670. The molecule has 1 amide bonds. The quantitative estimate of drug-likeness (QED) is 0.470. The Balaban J connectivity index is 0.00000112. The molecule has 3 nitrogen and oxygen atoms in total. The maximum absolute atomic E-state index is 11.2. The van der Waals surface area contributed by atoms with E-state index in [2.05, 4.69) is 0 Å². The van der Waals surface area contributed by atoms with Crippen LogP contribution in [-0.2, 0) is 7.05 Å². The van der Waals surface area contributed by atoms with Crippen LogP contribution in [0.4, 0.5) is 0 Å². The first-order valence-corrected chi connectivity index (χ1v) is 4.36. The van der Waals surface area contributed by atoms with Gasteiger partial charge in [0.2, 0.25) is 0 Å². The number of hydrogen-bond acceptors (Lipinski definition) is 1. The molecule has 15 heavy (non-hydrogen) atoms. The summed E-state index contributed by atoms with van der Waals surface area (Å²) >= 11 is 0. The van der Waals surface area contributed by atoms with Crippen molar-refractivity contribution < 1.29 is 33.3 Å². The molecule has 0 spiro atoms. The van der Waals surface area contributed by atoms with Gasteiger partial charge in [0.1, 0.15) is 12.6 Å². The molecule has 0 atom stereocenters. The highest BCUT2D eigenvalue weighted by molar-refractivity contribution is 6.05. The van der Waals surface area contributed by atoms with Gasteiger partial charge in [-0.25, -0.2) is 4.57 Å². The van der Waals surface area contributed by atoms with Gasteiger partial charge in [0.15, 0.2) is 12.4 Å². The van der Waals surface area contributed by atoms with E-state index in [1.165, 1.54) is 0 Å². The molecule has 0 unspecified atom stereocenters. The van der Waals surface area contributed by atoms with Crippen LogP contribution < -0.4 is 34.3 Å². The van der Waals surface area contributed by atoms with Crippen molar-refractivity contribution >= 4 is 16.7 Å². The van der Waals surface area contributed by atoms with Crippen LogP contribution in [0.15, 0.2) is 36.7 Å². The zero-order valence-electron chi connectivity index (χ0n) is 8.27. The van der Waals surface area contributed by atoms with Gasteiger partial charge < -0.3 is 29.7 Å². The third-order valence-electron chi connectivity index (χ3n) is 2.19. The number of carbonyl (C=O) groups is 1. The van der Waals surface area contributed by atoms with Crippen molar-refractivity contribution in [2.45, 2.75) is 0 Å². The minimum absolute atomic E-state index is 0. The number of carbonyl (C=O) groups excluding carboxylic acids is 1. The number of pyridine rings is 1. The predicted molar refractivity (Wildman–Crippen MR) is 53.6 cm³/mol. The zero-order chi connectivity index (χ0) is 10.1. The van der Waals surface area contributed by atoms with E-state index >= 15 is 0 Å². The van der Waals surface area contributed by atoms with Crippen molar-refractivity contribution in [1.29, 1.82) is 0 Å². The molecule has 0 aliphatic carbocycles. The zero-order valence-corrected chi connectivity index (χ0v) is 10.4. The molecule has 4 heteroatoms. The number of nitrogens with two attached hydrogens (primary N) is 1. The van der Waals surface area contributed by atoms with Gasteiger partial charge in [-0.1, -0.05) is 18.2 Å². The third kappa shape index (κ3) is 2.26. The average molecular weight is 314 g/mol. The SMILES string of the molecule is C[n+]1cc(C(N)=O)c2ccccc2c1.[I-]. The molecule has 0 fully saturated rings. The number of nitrogens with zero attached hydrogens (tertiary/aromatic N) is 1. The number of aromatic nitrogens is 1. The molecule has 0 radical (unpaired) electrons. The Morgan fingerprint density at radius 1 is 1.27 bits per heavy atom. The van der Waals surface area contributed by atoms with Gasteiger partial charge in [0.25, 0.3) is 5.91 Å². The summed E-state index contributed by atoms with van der Waals surface area (Å²) in [6.45, 7) is 0. The van der Waals surface area contributed by atoms with Crippen LogP contribution in [0.3, 0.4) is 0 Å². The topological polar surface area (TPSA) is 47.0 Å². The molecule has 1 aromatic carbocycles. The van der Waals surface area contributed by atoms with E-state index in [0.717, 1.165) is 10.8 Å². The van der Waals surface area contributed by atoms with Crippen LogP contribution in [0.1, 0.15) is 10.4 Å². The maximum atomic E-state index is 11.2. The number of amides is 1. The first-order valence-electron chi connectivity index (χ1n) is 4.36. The van der Waals surface area contributed by atoms with E-state index in [1.54, 1.807) is 6.20 Å². The van der Waals surface area contributed by atoms with Gasteiger partial charge in [-0.2, -0.15) is 0 Å². The van der Waals surface area contributed by atoms with Crippen molar-refractivity contribution in [3.8, 4) is 0 Å². The number of halogens is 1. The van der Waals surface area contributed by atoms with Crippen molar-refractivity contribution in [3.63, 3.8) is 0 Å². The molecule has 1 heterocycles. The van der Waals surface area contributed by atoms with Crippen LogP contribution >= 0.6 is 0 Å². The van der Waals surface area contributed by atoms with E-state index in [4.69, 9.17) is 5.73 Å². The molecule has 0 saturated carbocycles. The molecule has 0 aliphatic rings. The molecular formula is C11H11IN2O. The second kappa shape index (κ2) is 4.57. The third-order valence-corrected chi connectivity index (χ3v) is 2.19. The summed E-state index contributed by atoms with van der Waals surface area (Å²) in [5.74, 6) is -0.391. The van der Waals surface area contributed by atoms with Gasteiger partial charge in [0.05, 0.1) is 0 Å². The highest BCUT2D eigenvalue weighted by atomic mass is 127. The molecule has 0 aliphatic heterocycles. The van der Waals surface area contributed by atoms with E-state index in [0.29, 0.717) is 5.56 Å². The Kier molecular flexibility index (Phi) is 3.62. The fraction of sp³-hybridized carbons (Fsp3) is 0.0909. The van der Waals surface area contributed by atoms with Crippen molar-refractivity contribution in [2.24, 2.45) is 12.8 Å². The molecule has 1 aromatic heterocycles. The normalized spacial score (nSPS) is 9.67. The van der Waals surface area contributed by atoms with Crippen LogP contribution in [0.25, 0.3) is 10.8 Å². The smallest absolute Gasteiger partial charge is 0.255 e. The number of rotatable bonds is 1. The summed E-state index contributed by atoms with van der Waals surface area (Å²) in [4.78, 5) is 11.2. The lowest BCUT2D eigenvalue weighted by atomic mass is 10.1. The molecule has 2 aromatic rings. The fourth-order valence-electron chi connectivity index (χ4n) is 1.58. The summed E-state index contributed by atoms with van der Waals surface area (Å²) in [6.07, 6.45) is 3.70. The maximum Gasteiger partial charge on any atom is 0.255 e. The highest BCUT2D eigenvalue weighted by Crippen LogP contribution is 2.15. The molecule has 0 saturated heterocycles. The largest absolute Gasteiger partial charge is 1.00 e. The Morgan fingerprint density at radius 2 is 1.93 bits per heavy atom. The van der Waals surface area contributed by atoms with Crippen molar-refractivity contribution in [2.75, 3.05) is 0 Å². The van der Waals surface area contributed by atoms with E-state index in [1.807, 2.05) is 42.1 Å². The molecular weight excluding hydrogens is 303 g/mol. The lowest BCUT2D eigenvalue weighted by Crippen LogP contribution is -3.00. The Labute approximate surface area is 105 Å². The van der Waals surface area contributed by atoms with Crippen molar-refractivity contribution in [1.82, 2.24) is 0 Å². The van der Waals surface area contributed by atoms with Gasteiger partial charge in [-0.05, 0) is 6.07 Å². The minimum atomic E-state index is -0.391. The van der Waals surface area contributed by atoms with Crippen LogP contribution in [0.2, 0.25) is 0 Å². The number of primary amides is 1. The molecule has 2 rings (SSSR count). The molecule has 78 valence electrons. The van der Waals surface area contributed by atoms with Crippen LogP contribution in [0, 0.1) is 0 Å². The van der Waals surface area contributed by atoms with Gasteiger partial charge in [0, 0.05) is 10.8 Å². The molecule has 2 N–H and O–H groups in total. The summed E-state index contributed by atoms with van der Waals surface area (Å²) < 4.78 is 1.84. The highest BCUT2D eigenvalue weighted by Gasteiger charge is 2.11. The molecule has 0 bridgehead atoms. The number of benzene rings is 1.